The van der Waals surface area contributed by atoms with Crippen LogP contribution in [-0.4, -0.2) is 40.1 Å². The fraction of sp³-hybridized carbons (Fsp3) is 0.250. The van der Waals surface area contributed by atoms with E-state index in [0.29, 0.717) is 35.1 Å². The van der Waals surface area contributed by atoms with Crippen LogP contribution in [0.3, 0.4) is 0 Å². The van der Waals surface area contributed by atoms with Crippen LogP contribution in [0.15, 0.2) is 82.1 Å². The van der Waals surface area contributed by atoms with Crippen LogP contribution in [0.25, 0.3) is 10.9 Å². The third-order valence-electron chi connectivity index (χ3n) is 6.43. The van der Waals surface area contributed by atoms with E-state index in [1.807, 2.05) is 29.8 Å². The normalized spacial score (nSPS) is 16.9. The number of nitrogens with zero attached hydrogens (tertiary/aromatic N) is 2. The highest BCUT2D eigenvalue weighted by molar-refractivity contribution is 8.16. The summed E-state index contributed by atoms with van der Waals surface area (Å²) in [6.07, 6.45) is 2.72. The molecule has 2 aliphatic heterocycles. The number of aliphatic imine (C=N–C) groups is 1. The minimum atomic E-state index is -0.784. The van der Waals surface area contributed by atoms with Crippen LogP contribution in [0.5, 0.6) is 0 Å². The molecule has 0 saturated carbocycles. The number of amides is 1. The van der Waals surface area contributed by atoms with Crippen LogP contribution in [-0.2, 0) is 20.7 Å². The summed E-state index contributed by atoms with van der Waals surface area (Å²) in [6, 6.07) is 13.6. The number of carbonyl (C=O) groups is 2. The SMILES string of the molecule is CCOC(=O)C1=C(C)N=C2SC=C(CC(=O)NCCc3c[nH]c4ccccc34)N2[C@@H]1c1ccccc1F. The number of esters is 1. The highest BCUT2D eigenvalue weighted by Gasteiger charge is 2.42. The summed E-state index contributed by atoms with van der Waals surface area (Å²) >= 11 is 1.36. The molecule has 0 radical (unpaired) electrons. The second-order valence-corrected chi connectivity index (χ2v) is 9.61. The Kier molecular flexibility index (Phi) is 7.14. The van der Waals surface area contributed by atoms with Crippen LogP contribution in [0.2, 0.25) is 0 Å². The van der Waals surface area contributed by atoms with Crippen molar-refractivity contribution < 1.29 is 18.7 Å². The smallest absolute Gasteiger partial charge is 0.338 e. The fourth-order valence-corrected chi connectivity index (χ4v) is 5.70. The molecule has 1 amide bonds. The van der Waals surface area contributed by atoms with Gasteiger partial charge in [0, 0.05) is 34.9 Å². The average molecular weight is 519 g/mol. The topological polar surface area (TPSA) is 86.8 Å². The molecular weight excluding hydrogens is 491 g/mol. The van der Waals surface area contributed by atoms with Crippen LogP contribution >= 0.6 is 11.8 Å². The molecule has 2 aromatic carbocycles. The van der Waals surface area contributed by atoms with Crippen LogP contribution in [0, 0.1) is 5.82 Å². The van der Waals surface area contributed by atoms with E-state index in [2.05, 4.69) is 21.4 Å². The second kappa shape index (κ2) is 10.6. The quantitative estimate of drug-likeness (QED) is 0.401. The van der Waals surface area contributed by atoms with E-state index in [0.717, 1.165) is 16.5 Å². The zero-order valence-electron chi connectivity index (χ0n) is 20.6. The van der Waals surface area contributed by atoms with Gasteiger partial charge in [-0.2, -0.15) is 0 Å². The van der Waals surface area contributed by atoms with Crippen molar-refractivity contribution >= 4 is 39.7 Å². The number of carbonyl (C=O) groups excluding carboxylic acids is 2. The lowest BCUT2D eigenvalue weighted by Crippen LogP contribution is -2.38. The van der Waals surface area contributed by atoms with Crippen molar-refractivity contribution in [2.24, 2.45) is 4.99 Å². The van der Waals surface area contributed by atoms with Crippen molar-refractivity contribution in [1.82, 2.24) is 15.2 Å². The van der Waals surface area contributed by atoms with E-state index in [-0.39, 0.29) is 24.5 Å². The maximum absolute atomic E-state index is 15.0. The van der Waals surface area contributed by atoms with Crippen LogP contribution < -0.4 is 5.32 Å². The van der Waals surface area contributed by atoms with Gasteiger partial charge in [0.25, 0.3) is 0 Å². The van der Waals surface area contributed by atoms with E-state index in [1.54, 1.807) is 36.9 Å². The highest BCUT2D eigenvalue weighted by atomic mass is 32.2. The molecule has 37 heavy (non-hydrogen) atoms. The van der Waals surface area contributed by atoms with Crippen molar-refractivity contribution in [3.63, 3.8) is 0 Å². The summed E-state index contributed by atoms with van der Waals surface area (Å²) in [7, 11) is 0. The number of hydrogen-bond donors (Lipinski definition) is 2. The first-order valence-electron chi connectivity index (χ1n) is 12.2. The maximum atomic E-state index is 15.0. The molecule has 2 N–H and O–H groups in total. The van der Waals surface area contributed by atoms with Crippen molar-refractivity contribution in [3.05, 3.63) is 94.0 Å². The summed E-state index contributed by atoms with van der Waals surface area (Å²) in [4.78, 5) is 35.5. The first-order valence-corrected chi connectivity index (χ1v) is 13.0. The van der Waals surface area contributed by atoms with Gasteiger partial charge in [0.2, 0.25) is 5.91 Å². The summed E-state index contributed by atoms with van der Waals surface area (Å²) in [6.45, 7) is 4.11. The fourth-order valence-electron chi connectivity index (χ4n) is 4.73. The molecule has 0 spiro atoms. The molecule has 5 rings (SSSR count). The third kappa shape index (κ3) is 4.91. The van der Waals surface area contributed by atoms with Crippen molar-refractivity contribution in [3.8, 4) is 0 Å². The Hall–Kier alpha value is -3.85. The van der Waals surface area contributed by atoms with E-state index in [4.69, 9.17) is 4.74 Å². The average Bonchev–Trinajstić information content (AvgIpc) is 3.48. The largest absolute Gasteiger partial charge is 0.463 e. The second-order valence-electron chi connectivity index (χ2n) is 8.77. The Labute approximate surface area is 218 Å². The first kappa shape index (κ1) is 24.8. The summed E-state index contributed by atoms with van der Waals surface area (Å²) in [5, 5.41) is 6.57. The number of ether oxygens (including phenoxy) is 1. The number of thioether (sulfide) groups is 1. The summed E-state index contributed by atoms with van der Waals surface area (Å²) < 4.78 is 20.3. The van der Waals surface area contributed by atoms with Gasteiger partial charge in [0.15, 0.2) is 5.17 Å². The number of H-pyrrole nitrogens is 1. The number of hydrogen-bond acceptors (Lipinski definition) is 6. The molecule has 0 unspecified atom stereocenters. The number of rotatable bonds is 8. The molecule has 0 bridgehead atoms. The van der Waals surface area contributed by atoms with Gasteiger partial charge in [-0.05, 0) is 43.4 Å². The first-order chi connectivity index (χ1) is 18.0. The molecule has 9 heteroatoms. The zero-order chi connectivity index (χ0) is 25.9. The Morgan fingerprint density at radius 2 is 1.97 bits per heavy atom. The molecule has 7 nitrogen and oxygen atoms in total. The van der Waals surface area contributed by atoms with E-state index < -0.39 is 17.8 Å². The molecule has 0 fully saturated rings. The number of aromatic nitrogens is 1. The maximum Gasteiger partial charge on any atom is 0.338 e. The van der Waals surface area contributed by atoms with Gasteiger partial charge in [-0.15, -0.1) is 0 Å². The number of halogens is 1. The minimum Gasteiger partial charge on any atom is -0.463 e. The van der Waals surface area contributed by atoms with Gasteiger partial charge < -0.3 is 19.9 Å². The lowest BCUT2D eigenvalue weighted by Gasteiger charge is -2.36. The van der Waals surface area contributed by atoms with Gasteiger partial charge >= 0.3 is 5.97 Å². The Morgan fingerprint density at radius 1 is 1.19 bits per heavy atom. The Balaban J connectivity index is 1.34. The van der Waals surface area contributed by atoms with Crippen molar-refractivity contribution in [1.29, 1.82) is 0 Å². The number of aromatic amines is 1. The van der Waals surface area contributed by atoms with Crippen LogP contribution in [0.1, 0.15) is 37.4 Å². The Morgan fingerprint density at radius 3 is 2.78 bits per heavy atom. The molecular formula is C28H27FN4O3S. The van der Waals surface area contributed by atoms with Crippen molar-refractivity contribution in [2.45, 2.75) is 32.7 Å². The lowest BCUT2D eigenvalue weighted by atomic mass is 9.93. The van der Waals surface area contributed by atoms with Gasteiger partial charge in [-0.3, -0.25) is 4.79 Å². The van der Waals surface area contributed by atoms with Gasteiger partial charge in [-0.25, -0.2) is 14.2 Å². The van der Waals surface area contributed by atoms with Crippen LogP contribution in [0.4, 0.5) is 4.39 Å². The zero-order valence-corrected chi connectivity index (χ0v) is 21.4. The van der Waals surface area contributed by atoms with Gasteiger partial charge in [0.1, 0.15) is 5.82 Å². The molecule has 3 aromatic rings. The Bertz CT molecular complexity index is 1460. The number of para-hydroxylation sites is 1. The molecule has 1 aromatic heterocycles. The number of benzene rings is 2. The molecule has 0 aliphatic carbocycles. The lowest BCUT2D eigenvalue weighted by molar-refractivity contribution is -0.139. The summed E-state index contributed by atoms with van der Waals surface area (Å²) in [5.41, 5.74) is 3.92. The molecule has 190 valence electrons. The number of allylic oxidation sites excluding steroid dienone is 1. The van der Waals surface area contributed by atoms with E-state index in [9.17, 15) is 9.59 Å². The third-order valence-corrected chi connectivity index (χ3v) is 7.32. The number of fused-ring (bicyclic) bond motifs is 2. The molecule has 0 saturated heterocycles. The minimum absolute atomic E-state index is 0.0695. The standard InChI is InChI=1S/C28H27FN4O3S/c1-3-36-27(35)25-17(2)32-28-33(26(25)21-9-4-6-10-22(21)29)19(16-37-28)14-24(34)30-13-12-18-15-31-23-11-7-5-8-20(18)23/h4-11,15-16,26,31H,3,12-14H2,1-2H3,(H,30,34)/t26-/m1/s1. The monoisotopic (exact) mass is 518 g/mol. The van der Waals surface area contributed by atoms with Gasteiger partial charge in [0.05, 0.1) is 30.3 Å². The molecule has 1 atom stereocenters. The van der Waals surface area contributed by atoms with E-state index in [1.165, 1.54) is 17.8 Å². The van der Waals surface area contributed by atoms with Crippen molar-refractivity contribution in [2.75, 3.05) is 13.2 Å². The van der Waals surface area contributed by atoms with E-state index >= 15 is 4.39 Å². The molecule has 2 aliphatic rings. The predicted octanol–water partition coefficient (Wildman–Crippen LogP) is 5.19. The number of amidine groups is 1. The highest BCUT2D eigenvalue weighted by Crippen LogP contribution is 2.45. The predicted molar refractivity (Wildman–Crippen MR) is 143 cm³/mol. The van der Waals surface area contributed by atoms with Gasteiger partial charge in [-0.1, -0.05) is 48.2 Å². The summed E-state index contributed by atoms with van der Waals surface area (Å²) in [5.74, 6) is -1.15. The number of nitrogens with one attached hydrogen (secondary N) is 2. The molecule has 3 heterocycles.